The molecule has 2 aliphatic carbocycles. The van der Waals surface area contributed by atoms with Gasteiger partial charge in [-0.1, -0.05) is 40.5 Å². The van der Waals surface area contributed by atoms with Crippen LogP contribution in [-0.4, -0.2) is 11.0 Å². The van der Waals surface area contributed by atoms with E-state index in [9.17, 15) is 0 Å². The van der Waals surface area contributed by atoms with Crippen LogP contribution in [0, 0.1) is 5.92 Å². The molecular weight excluding hydrogens is 276 g/mol. The lowest BCUT2D eigenvalue weighted by Crippen LogP contribution is -2.20. The molecule has 1 aromatic rings. The van der Waals surface area contributed by atoms with Crippen LogP contribution in [-0.2, 0) is 12.0 Å². The summed E-state index contributed by atoms with van der Waals surface area (Å²) in [4.78, 5) is 6.60. The van der Waals surface area contributed by atoms with E-state index in [1.165, 1.54) is 54.1 Å². The number of nitrogens with one attached hydrogen (secondary N) is 1. The molecule has 0 aliphatic heterocycles. The van der Waals surface area contributed by atoms with E-state index in [0.717, 1.165) is 24.4 Å². The van der Waals surface area contributed by atoms with Gasteiger partial charge in [0, 0.05) is 28.8 Å². The maximum atomic E-state index is 5.12. The van der Waals surface area contributed by atoms with Gasteiger partial charge in [-0.25, -0.2) is 4.98 Å². The molecule has 2 atom stereocenters. The molecule has 2 aliphatic rings. The number of thiazole rings is 1. The predicted octanol–water partition coefficient (Wildman–Crippen LogP) is 4.99. The van der Waals surface area contributed by atoms with Gasteiger partial charge in [0.1, 0.15) is 0 Å². The molecule has 0 saturated heterocycles. The fourth-order valence-electron chi connectivity index (χ4n) is 3.43. The third-order valence-electron chi connectivity index (χ3n) is 4.84. The van der Waals surface area contributed by atoms with E-state index in [1.54, 1.807) is 0 Å². The first-order valence-corrected chi connectivity index (χ1v) is 9.48. The monoisotopic (exact) mass is 306 g/mol. The third-order valence-corrected chi connectivity index (χ3v) is 6.06. The van der Waals surface area contributed by atoms with Crippen LogP contribution in [0.2, 0.25) is 0 Å². The maximum Gasteiger partial charge on any atom is 0.0962 e. The third kappa shape index (κ3) is 3.87. The van der Waals surface area contributed by atoms with Gasteiger partial charge in [-0.05, 0) is 31.6 Å². The zero-order valence-electron chi connectivity index (χ0n) is 14.0. The van der Waals surface area contributed by atoms with Crippen molar-refractivity contribution in [2.75, 3.05) is 0 Å². The van der Waals surface area contributed by atoms with Crippen molar-refractivity contribution in [3.05, 3.63) is 15.6 Å². The second-order valence-electron chi connectivity index (χ2n) is 8.20. The first kappa shape index (κ1) is 15.5. The molecule has 3 heteroatoms. The van der Waals surface area contributed by atoms with Crippen LogP contribution in [0.4, 0.5) is 0 Å². The van der Waals surface area contributed by atoms with Crippen molar-refractivity contribution >= 4 is 11.3 Å². The van der Waals surface area contributed by atoms with Crippen LogP contribution in [0.5, 0.6) is 0 Å². The highest BCUT2D eigenvalue weighted by atomic mass is 32.1. The molecule has 0 spiro atoms. The summed E-state index contributed by atoms with van der Waals surface area (Å²) < 4.78 is 0. The Hall–Kier alpha value is -0.410. The highest BCUT2D eigenvalue weighted by Gasteiger charge is 2.29. The summed E-state index contributed by atoms with van der Waals surface area (Å²) in [7, 11) is 0. The van der Waals surface area contributed by atoms with Crippen LogP contribution >= 0.6 is 11.3 Å². The second kappa shape index (κ2) is 6.00. The number of hydrogen-bond acceptors (Lipinski definition) is 3. The quantitative estimate of drug-likeness (QED) is 0.848. The van der Waals surface area contributed by atoms with Crippen LogP contribution in [0.15, 0.2) is 0 Å². The van der Waals surface area contributed by atoms with Gasteiger partial charge < -0.3 is 5.32 Å². The highest BCUT2D eigenvalue weighted by molar-refractivity contribution is 7.11. The molecule has 0 radical (unpaired) electrons. The zero-order valence-corrected chi connectivity index (χ0v) is 14.9. The number of hydrogen-bond donors (Lipinski definition) is 1. The standard InChI is InChI=1S/C18H30N2S/c1-12-6-5-7-13(10-12)17-20-16(18(2,3)4)15(21-17)11-19-14-8-9-14/h12-14,19H,5-11H2,1-4H3. The summed E-state index contributed by atoms with van der Waals surface area (Å²) in [6, 6.07) is 0.776. The summed E-state index contributed by atoms with van der Waals surface area (Å²) in [5.74, 6) is 1.59. The molecule has 3 rings (SSSR count). The summed E-state index contributed by atoms with van der Waals surface area (Å²) in [5.41, 5.74) is 1.50. The van der Waals surface area contributed by atoms with E-state index in [1.807, 2.05) is 11.3 Å². The van der Waals surface area contributed by atoms with Crippen molar-refractivity contribution in [2.24, 2.45) is 5.92 Å². The number of nitrogens with zero attached hydrogens (tertiary/aromatic N) is 1. The van der Waals surface area contributed by atoms with Crippen molar-refractivity contribution in [3.8, 4) is 0 Å². The minimum absolute atomic E-state index is 0.162. The zero-order chi connectivity index (χ0) is 15.0. The largest absolute Gasteiger partial charge is 0.309 e. The lowest BCUT2D eigenvalue weighted by Gasteiger charge is -2.25. The predicted molar refractivity (Wildman–Crippen MR) is 91.0 cm³/mol. The lowest BCUT2D eigenvalue weighted by atomic mass is 9.83. The fourth-order valence-corrected chi connectivity index (χ4v) is 4.81. The molecular formula is C18H30N2S. The molecule has 2 fully saturated rings. The normalized spacial score (nSPS) is 27.0. The fraction of sp³-hybridized carbons (Fsp3) is 0.833. The van der Waals surface area contributed by atoms with Gasteiger partial charge in [0.15, 0.2) is 0 Å². The van der Waals surface area contributed by atoms with Crippen molar-refractivity contribution in [1.82, 2.24) is 10.3 Å². The Bertz CT molecular complexity index is 482. The molecule has 0 amide bonds. The summed E-state index contributed by atoms with van der Waals surface area (Å²) in [6.07, 6.45) is 8.19. The molecule has 1 aromatic heterocycles. The van der Waals surface area contributed by atoms with Crippen molar-refractivity contribution < 1.29 is 0 Å². The van der Waals surface area contributed by atoms with Gasteiger partial charge in [0.05, 0.1) is 10.7 Å². The summed E-state index contributed by atoms with van der Waals surface area (Å²) in [6.45, 7) is 10.3. The minimum Gasteiger partial charge on any atom is -0.309 e. The van der Waals surface area contributed by atoms with E-state index in [4.69, 9.17) is 4.98 Å². The smallest absolute Gasteiger partial charge is 0.0962 e. The Morgan fingerprint density at radius 2 is 1.95 bits per heavy atom. The summed E-state index contributed by atoms with van der Waals surface area (Å²) in [5, 5.41) is 5.10. The average Bonchev–Trinajstić information content (AvgIpc) is 3.13. The van der Waals surface area contributed by atoms with Crippen LogP contribution < -0.4 is 5.32 Å². The molecule has 0 aromatic carbocycles. The van der Waals surface area contributed by atoms with Crippen molar-refractivity contribution in [3.63, 3.8) is 0 Å². The molecule has 1 N–H and O–H groups in total. The average molecular weight is 307 g/mol. The van der Waals surface area contributed by atoms with Crippen molar-refractivity contribution in [2.45, 2.75) is 90.1 Å². The molecule has 0 bridgehead atoms. The highest BCUT2D eigenvalue weighted by Crippen LogP contribution is 2.40. The Morgan fingerprint density at radius 3 is 2.57 bits per heavy atom. The molecule has 2 saturated carbocycles. The molecule has 1 heterocycles. The molecule has 118 valence electrons. The van der Waals surface area contributed by atoms with Gasteiger partial charge >= 0.3 is 0 Å². The van der Waals surface area contributed by atoms with Crippen LogP contribution in [0.3, 0.4) is 0 Å². The van der Waals surface area contributed by atoms with Gasteiger partial charge in [-0.3, -0.25) is 0 Å². The molecule has 21 heavy (non-hydrogen) atoms. The van der Waals surface area contributed by atoms with E-state index in [-0.39, 0.29) is 5.41 Å². The second-order valence-corrected chi connectivity index (χ2v) is 9.31. The van der Waals surface area contributed by atoms with Gasteiger partial charge in [0.2, 0.25) is 0 Å². The van der Waals surface area contributed by atoms with E-state index >= 15 is 0 Å². The topological polar surface area (TPSA) is 24.9 Å². The van der Waals surface area contributed by atoms with Gasteiger partial charge in [-0.15, -0.1) is 11.3 Å². The lowest BCUT2D eigenvalue weighted by molar-refractivity contribution is 0.343. The van der Waals surface area contributed by atoms with E-state index < -0.39 is 0 Å². The Kier molecular flexibility index (Phi) is 4.42. The first-order chi connectivity index (χ1) is 9.93. The molecule has 2 nitrogen and oxygen atoms in total. The van der Waals surface area contributed by atoms with E-state index in [2.05, 4.69) is 33.0 Å². The van der Waals surface area contributed by atoms with E-state index in [0.29, 0.717) is 0 Å². The van der Waals surface area contributed by atoms with Crippen molar-refractivity contribution in [1.29, 1.82) is 0 Å². The minimum atomic E-state index is 0.162. The molecule has 2 unspecified atom stereocenters. The SMILES string of the molecule is CC1CCCC(c2nc(C(C)(C)C)c(CNC3CC3)s2)C1. The number of aromatic nitrogens is 1. The van der Waals surface area contributed by atoms with Gasteiger partial charge in [0.25, 0.3) is 0 Å². The maximum absolute atomic E-state index is 5.12. The summed E-state index contributed by atoms with van der Waals surface area (Å²) >= 11 is 1.99. The Labute approximate surface area is 133 Å². The van der Waals surface area contributed by atoms with Gasteiger partial charge in [-0.2, -0.15) is 0 Å². The Balaban J connectivity index is 1.80. The first-order valence-electron chi connectivity index (χ1n) is 8.67. The number of rotatable bonds is 4. The van der Waals surface area contributed by atoms with Crippen LogP contribution in [0.1, 0.15) is 87.7 Å². The Morgan fingerprint density at radius 1 is 1.19 bits per heavy atom. The van der Waals surface area contributed by atoms with Crippen LogP contribution in [0.25, 0.3) is 0 Å².